The highest BCUT2D eigenvalue weighted by atomic mass is 79.9. The molecule has 1 aromatic rings. The largest absolute Gasteiger partial charge is 0.340 e. The topological polar surface area (TPSA) is 23.6 Å². The van der Waals surface area contributed by atoms with Crippen LogP contribution in [-0.2, 0) is 11.2 Å². The Hall–Kier alpha value is -0.940. The van der Waals surface area contributed by atoms with Crippen LogP contribution in [0.15, 0.2) is 22.7 Å². The summed E-state index contributed by atoms with van der Waals surface area (Å²) >= 11 is 3.56. The minimum absolute atomic E-state index is 0.138. The van der Waals surface area contributed by atoms with Gasteiger partial charge in [0.1, 0.15) is 5.82 Å². The lowest BCUT2D eigenvalue weighted by molar-refractivity contribution is -0.131. The van der Waals surface area contributed by atoms with Gasteiger partial charge >= 0.3 is 0 Å². The van der Waals surface area contributed by atoms with E-state index in [1.165, 1.54) is 70.6 Å². The molecule has 1 saturated carbocycles. The molecule has 0 N–H and O–H groups in total. The molecular formula is C24H36BrFN2O. The van der Waals surface area contributed by atoms with Crippen LogP contribution in [0.1, 0.15) is 64.4 Å². The fourth-order valence-electron chi connectivity index (χ4n) is 5.27. The van der Waals surface area contributed by atoms with E-state index in [0.29, 0.717) is 12.0 Å². The molecule has 2 aliphatic rings. The smallest absolute Gasteiger partial charge is 0.219 e. The number of nitrogens with zero attached hydrogens (tertiary/aromatic N) is 2. The summed E-state index contributed by atoms with van der Waals surface area (Å²) in [6, 6.07) is 5.49. The number of amides is 1. The van der Waals surface area contributed by atoms with Crippen molar-refractivity contribution in [1.29, 1.82) is 0 Å². The first-order valence-electron chi connectivity index (χ1n) is 11.4. The van der Waals surface area contributed by atoms with E-state index in [4.69, 9.17) is 0 Å². The molecular weight excluding hydrogens is 431 g/mol. The molecule has 5 heteroatoms. The molecule has 1 heterocycles. The van der Waals surface area contributed by atoms with Gasteiger partial charge in [-0.05, 0) is 114 Å². The van der Waals surface area contributed by atoms with Crippen molar-refractivity contribution in [1.82, 2.24) is 9.80 Å². The fraction of sp³-hybridized carbons (Fsp3) is 0.708. The van der Waals surface area contributed by atoms with E-state index >= 15 is 0 Å². The zero-order chi connectivity index (χ0) is 20.8. The molecule has 0 radical (unpaired) electrons. The molecule has 0 bridgehead atoms. The highest BCUT2D eigenvalue weighted by Gasteiger charge is 2.27. The van der Waals surface area contributed by atoms with Crippen LogP contribution in [0.2, 0.25) is 0 Å². The highest BCUT2D eigenvalue weighted by molar-refractivity contribution is 9.10. The van der Waals surface area contributed by atoms with Crippen molar-refractivity contribution in [2.24, 2.45) is 11.8 Å². The van der Waals surface area contributed by atoms with Gasteiger partial charge < -0.3 is 9.80 Å². The van der Waals surface area contributed by atoms with Crippen LogP contribution in [0.5, 0.6) is 0 Å². The number of hydrogen-bond acceptors (Lipinski definition) is 2. The van der Waals surface area contributed by atoms with E-state index in [1.807, 2.05) is 6.07 Å². The lowest BCUT2D eigenvalue weighted by atomic mass is 9.83. The molecule has 0 unspecified atom stereocenters. The Bertz CT molecular complexity index is 667. The maximum atomic E-state index is 13.5. The van der Waals surface area contributed by atoms with E-state index in [-0.39, 0.29) is 11.7 Å². The number of benzene rings is 1. The summed E-state index contributed by atoms with van der Waals surface area (Å²) in [6.07, 6.45) is 9.54. The summed E-state index contributed by atoms with van der Waals surface area (Å²) in [4.78, 5) is 16.4. The average Bonchev–Trinajstić information content (AvgIpc) is 2.71. The number of hydrogen-bond donors (Lipinski definition) is 0. The molecule has 3 rings (SSSR count). The molecule has 2 fully saturated rings. The fourth-order valence-corrected chi connectivity index (χ4v) is 5.68. The van der Waals surface area contributed by atoms with Gasteiger partial charge in [-0.3, -0.25) is 4.79 Å². The van der Waals surface area contributed by atoms with Gasteiger partial charge in [-0.1, -0.05) is 15.9 Å². The Morgan fingerprint density at radius 1 is 1.14 bits per heavy atom. The number of likely N-dealkylation sites (tertiary alicyclic amines) is 1. The molecule has 0 atom stereocenters. The second-order valence-electron chi connectivity index (χ2n) is 8.99. The lowest BCUT2D eigenvalue weighted by Gasteiger charge is -2.37. The number of carbonyl (C=O) groups excluding carboxylic acids is 1. The molecule has 1 saturated heterocycles. The maximum Gasteiger partial charge on any atom is 0.219 e. The second-order valence-corrected chi connectivity index (χ2v) is 9.85. The SMILES string of the molecule is CCN(C(C)=O)[C@H]1CC[C@H](CCN2CCC(Cc3cc(F)ccc3Br)CC2)CC1. The third-order valence-corrected chi connectivity index (χ3v) is 7.85. The third-order valence-electron chi connectivity index (χ3n) is 7.08. The number of halogens is 2. The highest BCUT2D eigenvalue weighted by Crippen LogP contribution is 2.31. The molecule has 29 heavy (non-hydrogen) atoms. The van der Waals surface area contributed by atoms with Crippen LogP contribution in [0.4, 0.5) is 4.39 Å². The van der Waals surface area contributed by atoms with E-state index in [2.05, 4.69) is 32.7 Å². The quantitative estimate of drug-likeness (QED) is 0.517. The Labute approximate surface area is 184 Å². The van der Waals surface area contributed by atoms with Crippen LogP contribution in [0.25, 0.3) is 0 Å². The van der Waals surface area contributed by atoms with Crippen molar-refractivity contribution in [2.75, 3.05) is 26.2 Å². The number of rotatable bonds is 7. The average molecular weight is 467 g/mol. The van der Waals surface area contributed by atoms with Crippen LogP contribution in [0.3, 0.4) is 0 Å². The number of carbonyl (C=O) groups is 1. The van der Waals surface area contributed by atoms with E-state index in [9.17, 15) is 9.18 Å². The van der Waals surface area contributed by atoms with Gasteiger partial charge in [0.15, 0.2) is 0 Å². The molecule has 1 amide bonds. The molecule has 162 valence electrons. The van der Waals surface area contributed by atoms with Gasteiger partial charge in [0.25, 0.3) is 0 Å². The van der Waals surface area contributed by atoms with Crippen LogP contribution < -0.4 is 0 Å². The first-order chi connectivity index (χ1) is 14.0. The van der Waals surface area contributed by atoms with Gasteiger partial charge in [-0.15, -0.1) is 0 Å². The molecule has 0 aromatic heterocycles. The maximum absolute atomic E-state index is 13.5. The predicted octanol–water partition coefficient (Wildman–Crippen LogP) is 5.66. The van der Waals surface area contributed by atoms with E-state index in [1.54, 1.807) is 13.0 Å². The lowest BCUT2D eigenvalue weighted by Crippen LogP contribution is -2.41. The monoisotopic (exact) mass is 466 g/mol. The molecule has 1 aliphatic heterocycles. The summed E-state index contributed by atoms with van der Waals surface area (Å²) in [6.45, 7) is 8.17. The molecule has 1 aliphatic carbocycles. The Morgan fingerprint density at radius 3 is 2.45 bits per heavy atom. The zero-order valence-electron chi connectivity index (χ0n) is 18.0. The summed E-state index contributed by atoms with van der Waals surface area (Å²) in [5.41, 5.74) is 1.10. The van der Waals surface area contributed by atoms with Crippen molar-refractivity contribution in [3.05, 3.63) is 34.1 Å². The Morgan fingerprint density at radius 2 is 1.83 bits per heavy atom. The Kier molecular flexibility index (Phi) is 8.55. The zero-order valence-corrected chi connectivity index (χ0v) is 19.6. The van der Waals surface area contributed by atoms with Crippen molar-refractivity contribution in [3.8, 4) is 0 Å². The van der Waals surface area contributed by atoms with Gasteiger partial charge in [-0.25, -0.2) is 4.39 Å². The van der Waals surface area contributed by atoms with Crippen LogP contribution in [0, 0.1) is 17.7 Å². The van der Waals surface area contributed by atoms with Gasteiger partial charge in [0.05, 0.1) is 0 Å². The van der Waals surface area contributed by atoms with Crippen molar-refractivity contribution in [2.45, 2.75) is 71.3 Å². The normalized spacial score (nSPS) is 23.9. The molecule has 3 nitrogen and oxygen atoms in total. The van der Waals surface area contributed by atoms with Gasteiger partial charge in [0, 0.05) is 24.0 Å². The summed E-state index contributed by atoms with van der Waals surface area (Å²) < 4.78 is 14.6. The van der Waals surface area contributed by atoms with Gasteiger partial charge in [-0.2, -0.15) is 0 Å². The minimum Gasteiger partial charge on any atom is -0.340 e. The van der Waals surface area contributed by atoms with Crippen LogP contribution >= 0.6 is 15.9 Å². The summed E-state index contributed by atoms with van der Waals surface area (Å²) in [5, 5.41) is 0. The van der Waals surface area contributed by atoms with Crippen molar-refractivity contribution in [3.63, 3.8) is 0 Å². The first-order valence-corrected chi connectivity index (χ1v) is 12.2. The predicted molar refractivity (Wildman–Crippen MR) is 120 cm³/mol. The first kappa shape index (κ1) is 22.7. The summed E-state index contributed by atoms with van der Waals surface area (Å²) in [5.74, 6) is 1.56. The third kappa shape index (κ3) is 6.52. The van der Waals surface area contributed by atoms with E-state index in [0.717, 1.165) is 28.9 Å². The van der Waals surface area contributed by atoms with E-state index < -0.39 is 0 Å². The van der Waals surface area contributed by atoms with Crippen LogP contribution in [-0.4, -0.2) is 47.9 Å². The minimum atomic E-state index is -0.138. The molecule has 0 spiro atoms. The second kappa shape index (κ2) is 10.9. The standard InChI is InChI=1S/C24H36BrFN2O/c1-3-28(18(2)29)23-7-4-19(5-8-23)10-13-27-14-11-20(12-15-27)16-21-17-22(26)6-9-24(21)25/h6,9,17,19-20,23H,3-5,7-8,10-16H2,1-2H3/t19-,23-. The Balaban J connectivity index is 1.35. The number of piperidine rings is 1. The van der Waals surface area contributed by atoms with Crippen molar-refractivity contribution < 1.29 is 9.18 Å². The van der Waals surface area contributed by atoms with Gasteiger partial charge in [0.2, 0.25) is 5.91 Å². The molecule has 1 aromatic carbocycles. The van der Waals surface area contributed by atoms with Crippen molar-refractivity contribution >= 4 is 21.8 Å². The summed E-state index contributed by atoms with van der Waals surface area (Å²) in [7, 11) is 0.